The van der Waals surface area contributed by atoms with Gasteiger partial charge in [-0.05, 0) is 58.7 Å². The summed E-state index contributed by atoms with van der Waals surface area (Å²) in [4.78, 5) is 34.3. The number of carbonyl (C=O) groups is 1. The first-order valence-electron chi connectivity index (χ1n) is 12.1. The number of pyridine rings is 2. The van der Waals surface area contributed by atoms with Crippen molar-refractivity contribution in [3.8, 4) is 11.8 Å². The number of hydrogen-bond donors (Lipinski definition) is 0. The summed E-state index contributed by atoms with van der Waals surface area (Å²) in [5.74, 6) is 6.60. The Kier molecular flexibility index (Phi) is 7.32. The predicted octanol–water partition coefficient (Wildman–Crippen LogP) is 3.22. The summed E-state index contributed by atoms with van der Waals surface area (Å²) in [6.07, 6.45) is 3.55. The monoisotopic (exact) mass is 484 g/mol. The number of hydrogen-bond acceptors (Lipinski definition) is 5. The smallest absolute Gasteiger partial charge is 0.256 e. The Bertz CT molecular complexity index is 1210. The molecule has 0 radical (unpaired) electrons. The quantitative estimate of drug-likeness (QED) is 0.492. The van der Waals surface area contributed by atoms with E-state index in [0.29, 0.717) is 66.4 Å². The molecule has 0 aromatic carbocycles. The van der Waals surface area contributed by atoms with Crippen molar-refractivity contribution in [2.45, 2.75) is 52.1 Å². The summed E-state index contributed by atoms with van der Waals surface area (Å²) in [6.45, 7) is 9.80. The molecule has 0 unspecified atom stereocenters. The maximum Gasteiger partial charge on any atom is 0.256 e. The molecule has 7 nitrogen and oxygen atoms in total. The molecule has 4 heterocycles. The van der Waals surface area contributed by atoms with Crippen LogP contribution in [-0.2, 0) is 22.2 Å². The van der Waals surface area contributed by atoms with Gasteiger partial charge in [-0.3, -0.25) is 14.5 Å². The molecular formula is C26H33ClN4O3. The zero-order valence-electron chi connectivity index (χ0n) is 20.5. The van der Waals surface area contributed by atoms with Gasteiger partial charge in [-0.15, -0.1) is 0 Å². The molecule has 4 rings (SSSR count). The van der Waals surface area contributed by atoms with Crippen LogP contribution in [0.1, 0.15) is 56.4 Å². The number of likely N-dealkylation sites (tertiary alicyclic amines) is 2. The van der Waals surface area contributed by atoms with Gasteiger partial charge < -0.3 is 14.2 Å². The summed E-state index contributed by atoms with van der Waals surface area (Å²) < 4.78 is 7.88. The third-order valence-electron chi connectivity index (χ3n) is 7.14. The van der Waals surface area contributed by atoms with Gasteiger partial charge in [0.05, 0.1) is 28.9 Å². The molecule has 0 atom stereocenters. The van der Waals surface area contributed by atoms with E-state index in [9.17, 15) is 9.59 Å². The fourth-order valence-corrected chi connectivity index (χ4v) is 5.51. The van der Waals surface area contributed by atoms with Gasteiger partial charge in [0.2, 0.25) is 5.91 Å². The van der Waals surface area contributed by atoms with E-state index in [-0.39, 0.29) is 11.5 Å². The fraction of sp³-hybridized carbons (Fsp3) is 0.577. The summed E-state index contributed by atoms with van der Waals surface area (Å²) in [7, 11) is 1.76. The molecule has 2 saturated heterocycles. The first-order valence-corrected chi connectivity index (χ1v) is 12.5. The second-order valence-corrected chi connectivity index (χ2v) is 9.62. The van der Waals surface area contributed by atoms with Crippen LogP contribution in [-0.4, -0.2) is 64.6 Å². The van der Waals surface area contributed by atoms with Crippen molar-refractivity contribution in [1.82, 2.24) is 19.4 Å². The van der Waals surface area contributed by atoms with Gasteiger partial charge in [-0.1, -0.05) is 23.4 Å². The SMILES string of the molecule is CCOC1(c2cc3c(Cl)nc(C)c(C#CCN4CCCC4)c3n(C)c2=O)CCN(C(C)=O)CC1. The van der Waals surface area contributed by atoms with E-state index in [1.54, 1.807) is 23.4 Å². The van der Waals surface area contributed by atoms with Crippen molar-refractivity contribution in [3.05, 3.63) is 38.4 Å². The van der Waals surface area contributed by atoms with Crippen molar-refractivity contribution in [2.24, 2.45) is 7.05 Å². The molecule has 2 aliphatic heterocycles. The number of carbonyl (C=O) groups excluding carboxylic acids is 1. The Balaban J connectivity index is 1.81. The molecule has 2 aromatic heterocycles. The van der Waals surface area contributed by atoms with Crippen LogP contribution in [0.25, 0.3) is 10.9 Å². The number of halogens is 1. The van der Waals surface area contributed by atoms with E-state index in [0.717, 1.165) is 18.7 Å². The zero-order valence-corrected chi connectivity index (χ0v) is 21.3. The molecular weight excluding hydrogens is 452 g/mol. The number of ether oxygens (including phenoxy) is 1. The van der Waals surface area contributed by atoms with Crippen LogP contribution in [0.5, 0.6) is 0 Å². The highest BCUT2D eigenvalue weighted by atomic mass is 35.5. The molecule has 0 N–H and O–H groups in total. The molecule has 0 aliphatic carbocycles. The van der Waals surface area contributed by atoms with Crippen molar-refractivity contribution in [1.29, 1.82) is 0 Å². The van der Waals surface area contributed by atoms with Crippen molar-refractivity contribution in [3.63, 3.8) is 0 Å². The third kappa shape index (κ3) is 4.59. The van der Waals surface area contributed by atoms with Gasteiger partial charge in [-0.25, -0.2) is 4.98 Å². The maximum atomic E-state index is 13.7. The molecule has 8 heteroatoms. The molecule has 2 fully saturated rings. The van der Waals surface area contributed by atoms with Crippen LogP contribution in [0.15, 0.2) is 10.9 Å². The minimum Gasteiger partial charge on any atom is -0.370 e. The van der Waals surface area contributed by atoms with Crippen LogP contribution >= 0.6 is 11.6 Å². The van der Waals surface area contributed by atoms with E-state index in [1.165, 1.54) is 12.8 Å². The third-order valence-corrected chi connectivity index (χ3v) is 7.43. The van der Waals surface area contributed by atoms with Crippen LogP contribution in [0.2, 0.25) is 5.15 Å². The van der Waals surface area contributed by atoms with E-state index in [2.05, 4.69) is 21.7 Å². The summed E-state index contributed by atoms with van der Waals surface area (Å²) >= 11 is 6.62. The first kappa shape index (κ1) is 24.7. The minimum absolute atomic E-state index is 0.0383. The van der Waals surface area contributed by atoms with Crippen molar-refractivity contribution >= 4 is 28.4 Å². The molecule has 2 aromatic rings. The predicted molar refractivity (Wildman–Crippen MR) is 134 cm³/mol. The van der Waals surface area contributed by atoms with Gasteiger partial charge in [0.1, 0.15) is 10.8 Å². The number of amides is 1. The molecule has 0 saturated carbocycles. The summed E-state index contributed by atoms with van der Waals surface area (Å²) in [6, 6.07) is 1.84. The van der Waals surface area contributed by atoms with Crippen LogP contribution in [0, 0.1) is 18.8 Å². The average molecular weight is 485 g/mol. The Morgan fingerprint density at radius 3 is 2.53 bits per heavy atom. The van der Waals surface area contributed by atoms with Crippen molar-refractivity contribution in [2.75, 3.05) is 39.3 Å². The van der Waals surface area contributed by atoms with E-state index < -0.39 is 5.60 Å². The van der Waals surface area contributed by atoms with Gasteiger partial charge in [0.15, 0.2) is 0 Å². The highest BCUT2D eigenvalue weighted by molar-refractivity contribution is 6.34. The van der Waals surface area contributed by atoms with Crippen LogP contribution < -0.4 is 5.56 Å². The molecule has 1 amide bonds. The Morgan fingerprint density at radius 2 is 1.91 bits per heavy atom. The Hall–Kier alpha value is -2.40. The lowest BCUT2D eigenvalue weighted by atomic mass is 9.84. The normalized spacial score (nSPS) is 18.2. The number of piperidine rings is 1. The molecule has 182 valence electrons. The highest BCUT2D eigenvalue weighted by Crippen LogP contribution is 2.37. The van der Waals surface area contributed by atoms with Crippen molar-refractivity contribution < 1.29 is 9.53 Å². The number of aryl methyl sites for hydroxylation is 2. The number of rotatable bonds is 4. The lowest BCUT2D eigenvalue weighted by Gasteiger charge is -2.41. The molecule has 2 aliphatic rings. The Labute approximate surface area is 206 Å². The van der Waals surface area contributed by atoms with Gasteiger partial charge >= 0.3 is 0 Å². The first-order chi connectivity index (χ1) is 16.3. The van der Waals surface area contributed by atoms with E-state index in [4.69, 9.17) is 16.3 Å². The number of fused-ring (bicyclic) bond motifs is 1. The summed E-state index contributed by atoms with van der Waals surface area (Å²) in [5.41, 5.74) is 1.83. The van der Waals surface area contributed by atoms with E-state index >= 15 is 0 Å². The second-order valence-electron chi connectivity index (χ2n) is 9.27. The maximum absolute atomic E-state index is 13.7. The second kappa shape index (κ2) is 10.1. The Morgan fingerprint density at radius 1 is 1.24 bits per heavy atom. The topological polar surface area (TPSA) is 67.7 Å². The van der Waals surface area contributed by atoms with Crippen LogP contribution in [0.4, 0.5) is 0 Å². The number of nitrogens with zero attached hydrogens (tertiary/aromatic N) is 4. The molecule has 0 spiro atoms. The van der Waals surface area contributed by atoms with Gasteiger partial charge in [0, 0.05) is 39.1 Å². The fourth-order valence-electron chi connectivity index (χ4n) is 5.24. The lowest BCUT2D eigenvalue weighted by molar-refractivity contribution is -0.136. The molecule has 34 heavy (non-hydrogen) atoms. The minimum atomic E-state index is -0.764. The van der Waals surface area contributed by atoms with Gasteiger partial charge in [0.25, 0.3) is 5.56 Å². The van der Waals surface area contributed by atoms with E-state index in [1.807, 2.05) is 19.9 Å². The zero-order chi connectivity index (χ0) is 24.5. The highest BCUT2D eigenvalue weighted by Gasteiger charge is 2.40. The lowest BCUT2D eigenvalue weighted by Crippen LogP contribution is -2.48. The molecule has 0 bridgehead atoms. The summed E-state index contributed by atoms with van der Waals surface area (Å²) in [5, 5.41) is 1.05. The number of aromatic nitrogens is 2. The largest absolute Gasteiger partial charge is 0.370 e. The van der Waals surface area contributed by atoms with Crippen LogP contribution in [0.3, 0.4) is 0 Å². The van der Waals surface area contributed by atoms with Gasteiger partial charge in [-0.2, -0.15) is 0 Å². The average Bonchev–Trinajstić information content (AvgIpc) is 3.32. The standard InChI is InChI=1S/C26H33ClN4O3/c1-5-34-26(10-15-31(16-11-26)19(3)32)22-17-21-23(29(4)25(22)33)20(18(2)28-24(21)27)9-8-14-30-12-6-7-13-30/h17H,5-7,10-16H2,1-4H3.